The minimum Gasteiger partial charge on any atom is -0.480 e. The van der Waals surface area contributed by atoms with Gasteiger partial charge in [0, 0.05) is 38.3 Å². The second-order valence-electron chi connectivity index (χ2n) is 19.7. The molecule has 0 saturated heterocycles. The molecule has 19 nitrogen and oxygen atoms in total. The summed E-state index contributed by atoms with van der Waals surface area (Å²) in [5.74, 6) is -5.55. The predicted molar refractivity (Wildman–Crippen MR) is 234 cm³/mol. The maximum Gasteiger partial charge on any atom is 0.323 e. The Morgan fingerprint density at radius 1 is 0.754 bits per heavy atom. The second-order valence-corrected chi connectivity index (χ2v) is 19.7. The fraction of sp³-hybridized carbons (Fsp3) is 0.739. The predicted octanol–water partition coefficient (Wildman–Crippen LogP) is 2.22. The number of hydrogen-bond acceptors (Lipinski definition) is 13. The number of carboxylic acids is 5. The van der Waals surface area contributed by atoms with Gasteiger partial charge in [-0.1, -0.05) is 32.9 Å². The highest BCUT2D eigenvalue weighted by Gasteiger charge is 2.65. The van der Waals surface area contributed by atoms with E-state index in [1.807, 2.05) is 0 Å². The van der Waals surface area contributed by atoms with Gasteiger partial charge in [0.25, 0.3) is 0 Å². The number of rotatable bonds is 25. The lowest BCUT2D eigenvalue weighted by Gasteiger charge is -2.63. The summed E-state index contributed by atoms with van der Waals surface area (Å²) >= 11 is 0. The lowest BCUT2D eigenvalue weighted by atomic mass is 9.43. The Bertz CT molecular complexity index is 1820. The standard InChI is InChI=1S/C46H70N4O15/c1-27(32-9-10-33-43-34(20-37(53)46(32,33)3)45(2)13-12-31(51)18-29(45)19-36(43)52)4-11-38(54)47-30-7-5-28(6-8-30)25-65-26-35(44(63)64)50(24-42(61)62)17-16-48(21-39(55)56)14-15-49(22-40(57)58)23-41(59)60/h5-8,27,29,31-37,43,51-53H,4,9-26H2,1-3H3,(H,47,54)(H,55,56)(H,57,58)(H,59,60)(H,61,62)(H,63,64)/t27-,29+,31-,32-,33+,34+,35?,36-,37+,43+,45+,46-/m1/s1. The molecule has 0 spiro atoms. The summed E-state index contributed by atoms with van der Waals surface area (Å²) in [4.78, 5) is 74.7. The number of anilines is 1. The van der Waals surface area contributed by atoms with Crippen molar-refractivity contribution < 1.29 is 74.4 Å². The monoisotopic (exact) mass is 918 g/mol. The number of benzene rings is 1. The summed E-state index contributed by atoms with van der Waals surface area (Å²) < 4.78 is 5.72. The molecule has 1 aromatic rings. The van der Waals surface area contributed by atoms with Crippen LogP contribution in [0.3, 0.4) is 0 Å². The quantitative estimate of drug-likeness (QED) is 0.0679. The van der Waals surface area contributed by atoms with Crippen LogP contribution in [-0.2, 0) is 40.1 Å². The third-order valence-corrected chi connectivity index (χ3v) is 15.7. The lowest BCUT2D eigenvalue weighted by Crippen LogP contribution is -2.62. The van der Waals surface area contributed by atoms with Gasteiger partial charge in [-0.3, -0.25) is 43.5 Å². The summed E-state index contributed by atoms with van der Waals surface area (Å²) in [6, 6.07) is 5.37. The molecule has 1 amide bonds. The molecule has 5 rings (SSSR count). The van der Waals surface area contributed by atoms with Crippen LogP contribution < -0.4 is 5.32 Å². The maximum atomic E-state index is 13.2. The summed E-state index contributed by atoms with van der Waals surface area (Å²) in [5.41, 5.74) is 0.835. The number of nitrogens with one attached hydrogen (secondary N) is 1. The molecule has 0 aliphatic heterocycles. The number of aliphatic hydroxyl groups excluding tert-OH is 3. The van der Waals surface area contributed by atoms with Crippen LogP contribution in [0, 0.1) is 46.3 Å². The molecule has 0 bridgehead atoms. The van der Waals surface area contributed by atoms with Gasteiger partial charge in [-0.2, -0.15) is 0 Å². The summed E-state index contributed by atoms with van der Waals surface area (Å²) in [5, 5.41) is 84.1. The van der Waals surface area contributed by atoms with Crippen molar-refractivity contribution >= 4 is 41.4 Å². The van der Waals surface area contributed by atoms with E-state index >= 15 is 0 Å². The molecule has 4 fully saturated rings. The van der Waals surface area contributed by atoms with Crippen LogP contribution in [-0.4, -0.2) is 175 Å². The summed E-state index contributed by atoms with van der Waals surface area (Å²) in [6.45, 7) is 3.17. The highest BCUT2D eigenvalue weighted by Crippen LogP contribution is 2.68. The molecule has 0 radical (unpaired) electrons. The van der Waals surface area contributed by atoms with Gasteiger partial charge >= 0.3 is 29.8 Å². The molecule has 4 aliphatic rings. The van der Waals surface area contributed by atoms with E-state index in [2.05, 4.69) is 26.1 Å². The Morgan fingerprint density at radius 3 is 1.97 bits per heavy atom. The number of fused-ring (bicyclic) bond motifs is 5. The Labute approximate surface area is 379 Å². The Hall–Kier alpha value is -4.24. The van der Waals surface area contributed by atoms with E-state index in [1.165, 1.54) is 4.90 Å². The molecule has 1 unspecified atom stereocenters. The minimum absolute atomic E-state index is 0.00223. The molecule has 4 aliphatic carbocycles. The van der Waals surface area contributed by atoms with Crippen LogP contribution in [0.25, 0.3) is 0 Å². The number of ether oxygens (including phenoxy) is 1. The SMILES string of the molecule is C[C@H](CCC(=O)Nc1ccc(COCC(C(=O)O)N(CCN(CCN(CC(=O)O)CC(=O)O)CC(=O)O)CC(=O)O)cc1)[C@H]1CC[C@H]2[C@@H]3[C@H](O)C[C@@H]4C[C@H](O)CC[C@]4(C)[C@H]3C[C@H](O)[C@]12C. The molecule has 4 saturated carbocycles. The van der Waals surface area contributed by atoms with E-state index in [0.29, 0.717) is 36.9 Å². The molecule has 12 atom stereocenters. The van der Waals surface area contributed by atoms with E-state index in [9.17, 15) is 59.4 Å². The lowest BCUT2D eigenvalue weighted by molar-refractivity contribution is -0.207. The molecule has 1 aromatic carbocycles. The number of carbonyl (C=O) groups excluding carboxylic acids is 1. The topological polar surface area (TPSA) is 295 Å². The first kappa shape index (κ1) is 51.7. The fourth-order valence-electron chi connectivity index (χ4n) is 12.4. The molecule has 364 valence electrons. The van der Waals surface area contributed by atoms with Crippen molar-refractivity contribution in [1.29, 1.82) is 0 Å². The summed E-state index contributed by atoms with van der Waals surface area (Å²) in [6.07, 6.45) is 5.25. The third-order valence-electron chi connectivity index (χ3n) is 15.7. The second kappa shape index (κ2) is 22.5. The van der Waals surface area contributed by atoms with Gasteiger partial charge in [-0.15, -0.1) is 0 Å². The Morgan fingerprint density at radius 2 is 1.35 bits per heavy atom. The highest BCUT2D eigenvalue weighted by molar-refractivity contribution is 5.90. The molecule has 19 heteroatoms. The number of nitrogens with zero attached hydrogens (tertiary/aromatic N) is 3. The van der Waals surface area contributed by atoms with Crippen molar-refractivity contribution in [3.8, 4) is 0 Å². The highest BCUT2D eigenvalue weighted by atomic mass is 16.5. The smallest absolute Gasteiger partial charge is 0.323 e. The minimum atomic E-state index is -1.44. The van der Waals surface area contributed by atoms with Gasteiger partial charge in [0.2, 0.25) is 5.91 Å². The number of aliphatic hydroxyl groups is 3. The van der Waals surface area contributed by atoms with Crippen LogP contribution in [0.4, 0.5) is 5.69 Å². The molecule has 9 N–H and O–H groups in total. The van der Waals surface area contributed by atoms with Crippen LogP contribution >= 0.6 is 0 Å². The van der Waals surface area contributed by atoms with Crippen LogP contribution in [0.15, 0.2) is 24.3 Å². The average Bonchev–Trinajstić information content (AvgIpc) is 3.58. The van der Waals surface area contributed by atoms with Crippen LogP contribution in [0.2, 0.25) is 0 Å². The first-order chi connectivity index (χ1) is 30.6. The van der Waals surface area contributed by atoms with E-state index in [1.54, 1.807) is 24.3 Å². The number of hydrogen-bond donors (Lipinski definition) is 9. The fourth-order valence-corrected chi connectivity index (χ4v) is 12.4. The largest absolute Gasteiger partial charge is 0.480 e. The van der Waals surface area contributed by atoms with Gasteiger partial charge in [-0.25, -0.2) is 0 Å². The molecule has 0 heterocycles. The first-order valence-corrected chi connectivity index (χ1v) is 22.9. The summed E-state index contributed by atoms with van der Waals surface area (Å²) in [7, 11) is 0. The number of carboxylic acid groups (broad SMARTS) is 5. The zero-order valence-corrected chi connectivity index (χ0v) is 37.8. The molecule has 0 aromatic heterocycles. The maximum absolute atomic E-state index is 13.2. The third kappa shape index (κ3) is 13.0. The molecular formula is C46H70N4O15. The van der Waals surface area contributed by atoms with E-state index in [0.717, 1.165) is 35.5 Å². The number of aliphatic carboxylic acids is 5. The van der Waals surface area contributed by atoms with E-state index in [-0.39, 0.29) is 97.6 Å². The zero-order chi connectivity index (χ0) is 47.8. The van der Waals surface area contributed by atoms with Gasteiger partial charge < -0.3 is 50.9 Å². The van der Waals surface area contributed by atoms with Crippen molar-refractivity contribution in [2.75, 3.05) is 64.3 Å². The first-order valence-electron chi connectivity index (χ1n) is 22.9. The van der Waals surface area contributed by atoms with E-state index in [4.69, 9.17) is 14.9 Å². The van der Waals surface area contributed by atoms with Gasteiger partial charge in [-0.05, 0) is 115 Å². The van der Waals surface area contributed by atoms with Crippen molar-refractivity contribution in [2.45, 2.75) is 110 Å². The van der Waals surface area contributed by atoms with Crippen molar-refractivity contribution in [2.24, 2.45) is 46.3 Å². The Kier molecular flexibility index (Phi) is 17.9. The molecular weight excluding hydrogens is 849 g/mol. The number of amides is 1. The van der Waals surface area contributed by atoms with E-state index < -0.39 is 80.9 Å². The average molecular weight is 919 g/mol. The van der Waals surface area contributed by atoms with Crippen molar-refractivity contribution in [3.05, 3.63) is 29.8 Å². The Balaban J connectivity index is 1.10. The van der Waals surface area contributed by atoms with Gasteiger partial charge in [0.1, 0.15) is 6.04 Å². The van der Waals surface area contributed by atoms with Gasteiger partial charge in [0.15, 0.2) is 0 Å². The molecule has 65 heavy (non-hydrogen) atoms. The van der Waals surface area contributed by atoms with Crippen molar-refractivity contribution in [3.63, 3.8) is 0 Å². The van der Waals surface area contributed by atoms with Gasteiger partial charge in [0.05, 0.1) is 57.7 Å². The normalized spacial score (nSPS) is 30.5. The van der Waals surface area contributed by atoms with Crippen LogP contribution in [0.5, 0.6) is 0 Å². The van der Waals surface area contributed by atoms with Crippen molar-refractivity contribution in [1.82, 2.24) is 14.7 Å². The number of carbonyl (C=O) groups is 6. The zero-order valence-electron chi connectivity index (χ0n) is 37.8. The van der Waals surface area contributed by atoms with Crippen LogP contribution in [0.1, 0.15) is 84.1 Å².